The number of rotatable bonds is 3. The Bertz CT molecular complexity index is 1320. The fraction of sp³-hybridized carbons (Fsp3) is 0.150. The smallest absolute Gasteiger partial charge is 0.333 e. The maximum absolute atomic E-state index is 14.9. The number of fused-ring (bicyclic) bond motifs is 3. The van der Waals surface area contributed by atoms with Crippen LogP contribution in [-0.2, 0) is 7.05 Å². The predicted octanol–water partition coefficient (Wildman–Crippen LogP) is 2.78. The van der Waals surface area contributed by atoms with E-state index in [0.717, 1.165) is 0 Å². The lowest BCUT2D eigenvalue weighted by Crippen LogP contribution is -2.21. The SMILES string of the molecule is CN=Cc1ccc(-n2c(=O)n(C)c3cnc4cc(OC)c(O)cc4c32)c(F)c1. The van der Waals surface area contributed by atoms with E-state index in [0.29, 0.717) is 27.5 Å². The van der Waals surface area contributed by atoms with Crippen molar-refractivity contribution in [1.29, 1.82) is 0 Å². The van der Waals surface area contributed by atoms with E-state index in [1.165, 1.54) is 40.7 Å². The molecule has 4 aromatic rings. The molecule has 0 atom stereocenters. The molecule has 1 N–H and O–H groups in total. The second-order valence-corrected chi connectivity index (χ2v) is 6.31. The molecule has 2 aromatic carbocycles. The number of benzene rings is 2. The molecule has 0 amide bonds. The van der Waals surface area contributed by atoms with Crippen molar-refractivity contribution in [3.63, 3.8) is 0 Å². The Balaban J connectivity index is 2.13. The maximum atomic E-state index is 14.9. The van der Waals surface area contributed by atoms with Crippen molar-refractivity contribution in [2.24, 2.45) is 12.0 Å². The molecule has 0 spiro atoms. The van der Waals surface area contributed by atoms with Gasteiger partial charge < -0.3 is 9.84 Å². The van der Waals surface area contributed by atoms with Crippen LogP contribution >= 0.6 is 0 Å². The highest BCUT2D eigenvalue weighted by Gasteiger charge is 2.19. The van der Waals surface area contributed by atoms with E-state index in [9.17, 15) is 14.3 Å². The fourth-order valence-corrected chi connectivity index (χ4v) is 3.33. The zero-order valence-electron chi connectivity index (χ0n) is 15.5. The van der Waals surface area contributed by atoms with Crippen LogP contribution in [-0.4, -0.2) is 39.6 Å². The number of pyridine rings is 1. The molecule has 0 fully saturated rings. The van der Waals surface area contributed by atoms with Crippen LogP contribution in [0.2, 0.25) is 0 Å². The molecule has 8 heteroatoms. The van der Waals surface area contributed by atoms with Gasteiger partial charge in [0.1, 0.15) is 5.82 Å². The van der Waals surface area contributed by atoms with Crippen LogP contribution in [0.5, 0.6) is 11.5 Å². The highest BCUT2D eigenvalue weighted by Crippen LogP contribution is 2.34. The molecule has 0 saturated carbocycles. The highest BCUT2D eigenvalue weighted by atomic mass is 19.1. The van der Waals surface area contributed by atoms with Gasteiger partial charge in [-0.1, -0.05) is 6.07 Å². The topological polar surface area (TPSA) is 81.6 Å². The number of imidazole rings is 1. The summed E-state index contributed by atoms with van der Waals surface area (Å²) in [6, 6.07) is 7.57. The van der Waals surface area contributed by atoms with E-state index in [2.05, 4.69) is 9.98 Å². The van der Waals surface area contributed by atoms with Crippen molar-refractivity contribution in [2.75, 3.05) is 14.2 Å². The first-order valence-corrected chi connectivity index (χ1v) is 8.45. The van der Waals surface area contributed by atoms with Crippen LogP contribution in [0.1, 0.15) is 5.56 Å². The Morgan fingerprint density at radius 3 is 2.75 bits per heavy atom. The first-order chi connectivity index (χ1) is 13.5. The number of phenolic OH excluding ortho intramolecular Hbond substituents is 1. The van der Waals surface area contributed by atoms with Crippen molar-refractivity contribution < 1.29 is 14.2 Å². The Hall–Kier alpha value is -3.68. The monoisotopic (exact) mass is 380 g/mol. The van der Waals surface area contributed by atoms with Gasteiger partial charge in [-0.2, -0.15) is 0 Å². The molecule has 0 radical (unpaired) electrons. The van der Waals surface area contributed by atoms with Gasteiger partial charge in [0.25, 0.3) is 0 Å². The van der Waals surface area contributed by atoms with Gasteiger partial charge in [-0.25, -0.2) is 9.18 Å². The molecular weight excluding hydrogens is 363 g/mol. The van der Waals surface area contributed by atoms with E-state index in [-0.39, 0.29) is 17.2 Å². The third-order valence-corrected chi connectivity index (χ3v) is 4.67. The van der Waals surface area contributed by atoms with Crippen LogP contribution < -0.4 is 10.4 Å². The summed E-state index contributed by atoms with van der Waals surface area (Å²) in [6.07, 6.45) is 3.07. The standard InChI is InChI=1S/C20H17FN4O3/c1-22-9-11-4-5-15(13(21)6-11)25-19-12-7-17(26)18(28-3)8-14(12)23-10-16(19)24(2)20(25)27/h4-10,26H,1-3H3. The quantitative estimate of drug-likeness (QED) is 0.554. The Labute approximate surface area is 159 Å². The summed E-state index contributed by atoms with van der Waals surface area (Å²) in [5, 5.41) is 10.7. The molecule has 0 unspecified atom stereocenters. The summed E-state index contributed by atoms with van der Waals surface area (Å²) in [4.78, 5) is 21.2. The molecule has 0 aliphatic rings. The third-order valence-electron chi connectivity index (χ3n) is 4.67. The van der Waals surface area contributed by atoms with Crippen molar-refractivity contribution in [3.8, 4) is 17.2 Å². The van der Waals surface area contributed by atoms with Gasteiger partial charge in [0, 0.05) is 31.8 Å². The second kappa shape index (κ2) is 6.49. The predicted molar refractivity (Wildman–Crippen MR) is 106 cm³/mol. The summed E-state index contributed by atoms with van der Waals surface area (Å²) in [5.74, 6) is -0.393. The molecule has 142 valence electrons. The minimum atomic E-state index is -0.560. The first kappa shape index (κ1) is 17.7. The third kappa shape index (κ3) is 2.53. The average molecular weight is 380 g/mol. The maximum Gasteiger partial charge on any atom is 0.333 e. The summed E-state index contributed by atoms with van der Waals surface area (Å²) >= 11 is 0. The van der Waals surface area contributed by atoms with E-state index >= 15 is 0 Å². The van der Waals surface area contributed by atoms with E-state index < -0.39 is 11.5 Å². The van der Waals surface area contributed by atoms with Crippen molar-refractivity contribution >= 4 is 28.2 Å². The van der Waals surface area contributed by atoms with Crippen molar-refractivity contribution in [2.45, 2.75) is 0 Å². The van der Waals surface area contributed by atoms with Gasteiger partial charge in [-0.05, 0) is 23.8 Å². The van der Waals surface area contributed by atoms with E-state index in [1.807, 2.05) is 0 Å². The highest BCUT2D eigenvalue weighted by molar-refractivity contribution is 6.04. The number of ether oxygens (including phenoxy) is 1. The van der Waals surface area contributed by atoms with Crippen LogP contribution in [0.4, 0.5) is 4.39 Å². The Kier molecular flexibility index (Phi) is 4.11. The molecule has 0 aliphatic carbocycles. The Morgan fingerprint density at radius 1 is 1.29 bits per heavy atom. The average Bonchev–Trinajstić information content (AvgIpc) is 2.93. The summed E-state index contributed by atoms with van der Waals surface area (Å²) in [6.45, 7) is 0. The lowest BCUT2D eigenvalue weighted by atomic mass is 10.1. The number of methoxy groups -OCH3 is 1. The van der Waals surface area contributed by atoms with Gasteiger partial charge in [-0.15, -0.1) is 0 Å². The lowest BCUT2D eigenvalue weighted by molar-refractivity contribution is 0.374. The van der Waals surface area contributed by atoms with E-state index in [4.69, 9.17) is 4.74 Å². The molecule has 28 heavy (non-hydrogen) atoms. The molecule has 4 rings (SSSR count). The molecule has 7 nitrogen and oxygen atoms in total. The number of hydrogen-bond acceptors (Lipinski definition) is 5. The normalized spacial score (nSPS) is 11.7. The summed E-state index contributed by atoms with van der Waals surface area (Å²) in [7, 11) is 4.63. The zero-order valence-corrected chi connectivity index (χ0v) is 15.5. The number of halogens is 1. The first-order valence-electron chi connectivity index (χ1n) is 8.45. The number of aromatic hydroxyl groups is 1. The van der Waals surface area contributed by atoms with Gasteiger partial charge in [0.15, 0.2) is 11.5 Å². The molecule has 0 aliphatic heterocycles. The van der Waals surface area contributed by atoms with Gasteiger partial charge in [0.2, 0.25) is 0 Å². The Morgan fingerprint density at radius 2 is 2.07 bits per heavy atom. The number of aliphatic imine (C=N–C) groups is 1. The van der Waals surface area contributed by atoms with Gasteiger partial charge in [-0.3, -0.25) is 19.1 Å². The minimum Gasteiger partial charge on any atom is -0.504 e. The second-order valence-electron chi connectivity index (χ2n) is 6.31. The molecule has 2 heterocycles. The summed E-state index contributed by atoms with van der Waals surface area (Å²) < 4.78 is 22.7. The van der Waals surface area contributed by atoms with Gasteiger partial charge in [0.05, 0.1) is 35.5 Å². The van der Waals surface area contributed by atoms with Crippen LogP contribution in [0, 0.1) is 5.82 Å². The minimum absolute atomic E-state index is 0.0953. The molecule has 0 bridgehead atoms. The molecular formula is C20H17FN4O3. The number of hydrogen-bond donors (Lipinski definition) is 1. The summed E-state index contributed by atoms with van der Waals surface area (Å²) in [5.41, 5.74) is 1.75. The van der Waals surface area contributed by atoms with Crippen molar-refractivity contribution in [1.82, 2.24) is 14.1 Å². The number of nitrogens with zero attached hydrogens (tertiary/aromatic N) is 4. The van der Waals surface area contributed by atoms with Crippen LogP contribution in [0.15, 0.2) is 46.3 Å². The van der Waals surface area contributed by atoms with E-state index in [1.54, 1.807) is 32.4 Å². The number of aromatic nitrogens is 3. The largest absolute Gasteiger partial charge is 0.504 e. The van der Waals surface area contributed by atoms with Crippen LogP contribution in [0.25, 0.3) is 27.6 Å². The van der Waals surface area contributed by atoms with Gasteiger partial charge >= 0.3 is 5.69 Å². The number of phenols is 1. The van der Waals surface area contributed by atoms with Crippen LogP contribution in [0.3, 0.4) is 0 Å². The number of aryl methyl sites for hydroxylation is 1. The zero-order chi connectivity index (χ0) is 20.0. The molecule has 2 aromatic heterocycles. The fourth-order valence-electron chi connectivity index (χ4n) is 3.33. The molecule has 0 saturated heterocycles. The van der Waals surface area contributed by atoms with Crippen molar-refractivity contribution in [3.05, 3.63) is 58.4 Å². The lowest BCUT2D eigenvalue weighted by Gasteiger charge is -2.09.